The Hall–Kier alpha value is -10.9. The number of furan rings is 2. The lowest BCUT2D eigenvalue weighted by molar-refractivity contribution is 0.672. The standard InChI is InChI=1S/C70H40N6O2/c1-71-47-22-16-21-44(39-47)45-31-35-58(75-56-27-12-8-25-52(56)64-60(75)37-33-50-48-23-10-14-29-62(48)77-66(50)64)54(40-45)55-41-46(70-73-68(42-17-4-2-5-18-42)72-69(74-70)43-19-6-3-7-20-43)32-36-59(55)76-57-28-13-9-26-53(57)65-61(76)38-34-51-49-24-11-15-30-63(49)78-67(51)65/h2-41H. The van der Waals surface area contributed by atoms with Gasteiger partial charge in [-0.3, -0.25) is 0 Å². The summed E-state index contributed by atoms with van der Waals surface area (Å²) >= 11 is 0. The molecule has 0 aliphatic heterocycles. The second-order valence-corrected chi connectivity index (χ2v) is 19.7. The van der Waals surface area contributed by atoms with E-state index in [1.807, 2.05) is 103 Å². The Morgan fingerprint density at radius 2 is 0.744 bits per heavy atom. The zero-order chi connectivity index (χ0) is 51.4. The van der Waals surface area contributed by atoms with Crippen molar-refractivity contribution in [1.29, 1.82) is 0 Å². The maximum absolute atomic E-state index is 8.01. The van der Waals surface area contributed by atoms with Crippen LogP contribution in [-0.2, 0) is 0 Å². The molecule has 0 bridgehead atoms. The zero-order valence-electron chi connectivity index (χ0n) is 41.6. The van der Waals surface area contributed by atoms with Crippen LogP contribution in [-0.4, -0.2) is 24.1 Å². The summed E-state index contributed by atoms with van der Waals surface area (Å²) in [5, 5.41) is 8.52. The van der Waals surface area contributed by atoms with Gasteiger partial charge in [0.25, 0.3) is 0 Å². The minimum atomic E-state index is 0.535. The predicted molar refractivity (Wildman–Crippen MR) is 317 cm³/mol. The largest absolute Gasteiger partial charge is 0.455 e. The Kier molecular flexibility index (Phi) is 9.53. The lowest BCUT2D eigenvalue weighted by Gasteiger charge is -2.21. The summed E-state index contributed by atoms with van der Waals surface area (Å²) in [6.45, 7) is 8.01. The number of nitrogens with zero attached hydrogens (tertiary/aromatic N) is 6. The number of fused-ring (bicyclic) bond motifs is 14. The number of benzene rings is 11. The molecule has 5 aromatic heterocycles. The molecule has 8 heteroatoms. The third kappa shape index (κ3) is 6.62. The van der Waals surface area contributed by atoms with Crippen molar-refractivity contribution in [3.8, 4) is 67.8 Å². The van der Waals surface area contributed by atoms with E-state index in [9.17, 15) is 0 Å². The van der Waals surface area contributed by atoms with E-state index in [1.165, 1.54) is 0 Å². The minimum absolute atomic E-state index is 0.535. The van der Waals surface area contributed by atoms with Gasteiger partial charge in [-0.2, -0.15) is 0 Å². The van der Waals surface area contributed by atoms with Crippen LogP contribution in [0.3, 0.4) is 0 Å². The Morgan fingerprint density at radius 1 is 0.321 bits per heavy atom. The van der Waals surface area contributed by atoms with Crippen LogP contribution in [0.5, 0.6) is 0 Å². The number of rotatable bonds is 7. The fourth-order valence-electron chi connectivity index (χ4n) is 11.9. The predicted octanol–water partition coefficient (Wildman–Crippen LogP) is 18.8. The maximum Gasteiger partial charge on any atom is 0.187 e. The molecule has 16 aromatic rings. The summed E-state index contributed by atoms with van der Waals surface area (Å²) in [7, 11) is 0. The number of hydrogen-bond donors (Lipinski definition) is 0. The minimum Gasteiger partial charge on any atom is -0.455 e. The fourth-order valence-corrected chi connectivity index (χ4v) is 11.9. The van der Waals surface area contributed by atoms with Gasteiger partial charge >= 0.3 is 0 Å². The van der Waals surface area contributed by atoms with Crippen LogP contribution in [0.1, 0.15) is 0 Å². The molecular weight excluding hydrogens is 957 g/mol. The Balaban J connectivity index is 1.04. The second kappa shape index (κ2) is 17.1. The summed E-state index contributed by atoms with van der Waals surface area (Å²) in [5.74, 6) is 1.69. The van der Waals surface area contributed by atoms with Crippen LogP contribution < -0.4 is 0 Å². The van der Waals surface area contributed by atoms with Crippen molar-refractivity contribution in [2.24, 2.45) is 0 Å². The first kappa shape index (κ1) is 43.5. The highest BCUT2D eigenvalue weighted by Gasteiger charge is 2.26. The van der Waals surface area contributed by atoms with Gasteiger partial charge in [-0.15, -0.1) is 0 Å². The van der Waals surface area contributed by atoms with E-state index in [2.05, 4.69) is 154 Å². The molecule has 0 aliphatic rings. The second-order valence-electron chi connectivity index (χ2n) is 19.7. The van der Waals surface area contributed by atoms with E-state index in [-0.39, 0.29) is 0 Å². The van der Waals surface area contributed by atoms with Crippen LogP contribution in [0, 0.1) is 6.57 Å². The SMILES string of the molecule is [C-]#[N+]c1cccc(-c2ccc(-n3c4ccccc4c4c5oc6ccccc6c5ccc43)c(-c3cc(-c4nc(-c5ccccc5)nc(-c5ccccc5)n4)ccc3-n3c4ccccc4c4c5oc6ccccc6c5ccc43)c2)c1. The number of hydrogen-bond acceptors (Lipinski definition) is 5. The van der Waals surface area contributed by atoms with E-state index in [0.717, 1.165) is 138 Å². The summed E-state index contributed by atoms with van der Waals surface area (Å²) in [5.41, 5.74) is 16.3. The fraction of sp³-hybridized carbons (Fsp3) is 0. The van der Waals surface area contributed by atoms with Gasteiger partial charge in [-0.1, -0.05) is 158 Å². The van der Waals surface area contributed by atoms with Crippen molar-refractivity contribution in [3.63, 3.8) is 0 Å². The van der Waals surface area contributed by atoms with Crippen molar-refractivity contribution >= 4 is 93.2 Å². The molecule has 0 saturated heterocycles. The van der Waals surface area contributed by atoms with E-state index >= 15 is 0 Å². The Morgan fingerprint density at radius 3 is 1.27 bits per heavy atom. The zero-order valence-corrected chi connectivity index (χ0v) is 41.6. The van der Waals surface area contributed by atoms with Crippen molar-refractivity contribution < 1.29 is 8.83 Å². The molecule has 11 aromatic carbocycles. The average molecular weight is 997 g/mol. The van der Waals surface area contributed by atoms with Crippen molar-refractivity contribution in [2.75, 3.05) is 0 Å². The summed E-state index contributed by atoms with van der Waals surface area (Å²) in [4.78, 5) is 19.5. The molecule has 5 heterocycles. The van der Waals surface area contributed by atoms with Crippen molar-refractivity contribution in [2.45, 2.75) is 0 Å². The highest BCUT2D eigenvalue weighted by molar-refractivity contribution is 6.25. The molecule has 0 spiro atoms. The van der Waals surface area contributed by atoms with Crippen LogP contribution in [0.4, 0.5) is 5.69 Å². The summed E-state index contributed by atoms with van der Waals surface area (Å²) in [6, 6.07) is 83.9. The Labute approximate surface area is 445 Å². The summed E-state index contributed by atoms with van der Waals surface area (Å²) < 4.78 is 18.4. The smallest absolute Gasteiger partial charge is 0.187 e. The normalized spacial score (nSPS) is 11.8. The first-order valence-electron chi connectivity index (χ1n) is 25.9. The molecule has 8 nitrogen and oxygen atoms in total. The van der Waals surface area contributed by atoms with Crippen LogP contribution in [0.15, 0.2) is 251 Å². The van der Waals surface area contributed by atoms with Gasteiger partial charge in [0.1, 0.15) is 22.3 Å². The van der Waals surface area contributed by atoms with Crippen molar-refractivity contribution in [3.05, 3.63) is 254 Å². The van der Waals surface area contributed by atoms with Gasteiger partial charge in [0.2, 0.25) is 0 Å². The number of para-hydroxylation sites is 4. The van der Waals surface area contributed by atoms with Gasteiger partial charge in [-0.05, 0) is 96.1 Å². The molecule has 16 rings (SSSR count). The average Bonchev–Trinajstić information content (AvgIpc) is 4.46. The molecule has 0 radical (unpaired) electrons. The monoisotopic (exact) mass is 996 g/mol. The Bertz CT molecular complexity index is 5120. The molecule has 0 amide bonds. The van der Waals surface area contributed by atoms with E-state index in [0.29, 0.717) is 23.2 Å². The van der Waals surface area contributed by atoms with E-state index in [4.69, 9.17) is 30.4 Å². The first-order valence-corrected chi connectivity index (χ1v) is 25.9. The van der Waals surface area contributed by atoms with Crippen molar-refractivity contribution in [1.82, 2.24) is 24.1 Å². The highest BCUT2D eigenvalue weighted by Crippen LogP contribution is 2.47. The lowest BCUT2D eigenvalue weighted by atomic mass is 9.94. The molecule has 362 valence electrons. The lowest BCUT2D eigenvalue weighted by Crippen LogP contribution is -2.04. The van der Waals surface area contributed by atoms with Gasteiger partial charge < -0.3 is 18.0 Å². The molecule has 78 heavy (non-hydrogen) atoms. The topological polar surface area (TPSA) is 79.2 Å². The first-order chi connectivity index (χ1) is 38.6. The van der Waals surface area contributed by atoms with Gasteiger partial charge in [0.15, 0.2) is 23.2 Å². The molecule has 0 aliphatic carbocycles. The quantitative estimate of drug-likeness (QED) is 0.149. The van der Waals surface area contributed by atoms with Gasteiger partial charge in [0.05, 0.1) is 50.8 Å². The van der Waals surface area contributed by atoms with Crippen LogP contribution in [0.25, 0.3) is 160 Å². The van der Waals surface area contributed by atoms with Crippen LogP contribution >= 0.6 is 0 Å². The molecule has 0 N–H and O–H groups in total. The van der Waals surface area contributed by atoms with E-state index in [1.54, 1.807) is 0 Å². The van der Waals surface area contributed by atoms with Crippen LogP contribution in [0.2, 0.25) is 0 Å². The third-order valence-corrected chi connectivity index (χ3v) is 15.4. The maximum atomic E-state index is 8.01. The molecule has 0 fully saturated rings. The number of aromatic nitrogens is 5. The van der Waals surface area contributed by atoms with Gasteiger partial charge in [-0.25, -0.2) is 19.8 Å². The van der Waals surface area contributed by atoms with E-state index < -0.39 is 0 Å². The molecule has 0 unspecified atom stereocenters. The molecular formula is C70H40N6O2. The molecule has 0 atom stereocenters. The highest BCUT2D eigenvalue weighted by atomic mass is 16.3. The third-order valence-electron chi connectivity index (χ3n) is 15.4. The molecule has 0 saturated carbocycles. The van der Waals surface area contributed by atoms with Gasteiger partial charge in [0, 0.05) is 60.1 Å². The summed E-state index contributed by atoms with van der Waals surface area (Å²) in [6.07, 6.45) is 0.